The molecule has 0 bridgehead atoms. The van der Waals surface area contributed by atoms with E-state index in [1.54, 1.807) is 13.0 Å². The monoisotopic (exact) mass is 306 g/mol. The number of hydrazine groups is 1. The number of aromatic nitrogens is 1. The maximum atomic E-state index is 12.4. The Kier molecular flexibility index (Phi) is 4.31. The number of carbonyl (C=O) groups is 2. The molecule has 1 aromatic rings. The zero-order valence-corrected chi connectivity index (χ0v) is 12.9. The molecule has 1 saturated carbocycles. The number of urea groups is 1. The molecule has 1 N–H and O–H groups in total. The van der Waals surface area contributed by atoms with E-state index >= 15 is 0 Å². The van der Waals surface area contributed by atoms with E-state index in [-0.39, 0.29) is 23.7 Å². The van der Waals surface area contributed by atoms with Crippen LogP contribution >= 0.6 is 0 Å². The highest BCUT2D eigenvalue weighted by atomic mass is 16.5. The molecule has 7 heteroatoms. The first kappa shape index (κ1) is 14.9. The highest BCUT2D eigenvalue weighted by Gasteiger charge is 2.33. The van der Waals surface area contributed by atoms with E-state index in [0.717, 1.165) is 32.1 Å². The first-order valence-corrected chi connectivity index (χ1v) is 7.98. The standard InChI is InChI=1S/C15H22N4O3/c1-11-10-13(17-22-11)14(20)18-8-5-9-19(18)15(21)16-12-6-3-2-4-7-12/h10,12H,2-9H2,1H3,(H,16,21). The van der Waals surface area contributed by atoms with Gasteiger partial charge in [0.05, 0.1) is 0 Å². The van der Waals surface area contributed by atoms with Crippen LogP contribution in [0, 0.1) is 6.92 Å². The van der Waals surface area contributed by atoms with Gasteiger partial charge in [0.25, 0.3) is 5.91 Å². The number of rotatable bonds is 2. The maximum Gasteiger partial charge on any atom is 0.336 e. The minimum atomic E-state index is -0.284. The molecule has 1 aliphatic carbocycles. The van der Waals surface area contributed by atoms with Crippen LogP contribution in [0.5, 0.6) is 0 Å². The van der Waals surface area contributed by atoms with Crippen LogP contribution in [0.1, 0.15) is 54.8 Å². The van der Waals surface area contributed by atoms with Crippen molar-refractivity contribution in [1.82, 2.24) is 20.5 Å². The number of amides is 3. The van der Waals surface area contributed by atoms with Gasteiger partial charge in [-0.1, -0.05) is 24.4 Å². The van der Waals surface area contributed by atoms with Gasteiger partial charge >= 0.3 is 6.03 Å². The van der Waals surface area contributed by atoms with Gasteiger partial charge in [0, 0.05) is 25.2 Å². The molecular formula is C15H22N4O3. The van der Waals surface area contributed by atoms with Crippen molar-refractivity contribution < 1.29 is 14.1 Å². The smallest absolute Gasteiger partial charge is 0.336 e. The van der Waals surface area contributed by atoms with Crippen LogP contribution < -0.4 is 5.32 Å². The summed E-state index contributed by atoms with van der Waals surface area (Å²) in [6.07, 6.45) is 6.39. The second-order valence-corrected chi connectivity index (χ2v) is 6.01. The molecule has 1 saturated heterocycles. The lowest BCUT2D eigenvalue weighted by atomic mass is 9.96. The van der Waals surface area contributed by atoms with E-state index < -0.39 is 0 Å². The van der Waals surface area contributed by atoms with Crippen molar-refractivity contribution in [3.8, 4) is 0 Å². The van der Waals surface area contributed by atoms with Gasteiger partial charge in [0.15, 0.2) is 5.69 Å². The summed E-state index contributed by atoms with van der Waals surface area (Å²) in [5, 5.41) is 9.77. The molecule has 0 unspecified atom stereocenters. The van der Waals surface area contributed by atoms with Crippen LogP contribution in [0.25, 0.3) is 0 Å². The van der Waals surface area contributed by atoms with E-state index in [1.165, 1.54) is 16.4 Å². The van der Waals surface area contributed by atoms with Crippen molar-refractivity contribution in [1.29, 1.82) is 0 Å². The number of nitrogens with zero attached hydrogens (tertiary/aromatic N) is 3. The van der Waals surface area contributed by atoms with Crippen molar-refractivity contribution >= 4 is 11.9 Å². The summed E-state index contributed by atoms with van der Waals surface area (Å²) < 4.78 is 4.95. The summed E-state index contributed by atoms with van der Waals surface area (Å²) >= 11 is 0. The fourth-order valence-corrected chi connectivity index (χ4v) is 3.13. The molecule has 1 aromatic heterocycles. The summed E-state index contributed by atoms with van der Waals surface area (Å²) in [5.74, 6) is 0.300. The van der Waals surface area contributed by atoms with Crippen LogP contribution in [0.4, 0.5) is 4.79 Å². The van der Waals surface area contributed by atoms with Gasteiger partial charge in [0.1, 0.15) is 5.76 Å². The second kappa shape index (κ2) is 6.37. The highest BCUT2D eigenvalue weighted by Crippen LogP contribution is 2.19. The quantitative estimate of drug-likeness (QED) is 0.907. The molecule has 0 spiro atoms. The van der Waals surface area contributed by atoms with E-state index in [4.69, 9.17) is 4.52 Å². The van der Waals surface area contributed by atoms with Crippen molar-refractivity contribution in [2.75, 3.05) is 13.1 Å². The number of hydrogen-bond donors (Lipinski definition) is 1. The summed E-state index contributed by atoms with van der Waals surface area (Å²) in [5.41, 5.74) is 0.245. The molecular weight excluding hydrogens is 284 g/mol. The van der Waals surface area contributed by atoms with Gasteiger partial charge in [-0.3, -0.25) is 4.79 Å². The van der Waals surface area contributed by atoms with Gasteiger partial charge in [-0.15, -0.1) is 0 Å². The Labute approximate surface area is 129 Å². The third kappa shape index (κ3) is 3.08. The Balaban J connectivity index is 1.64. The summed E-state index contributed by atoms with van der Waals surface area (Å²) in [4.78, 5) is 24.9. The lowest BCUT2D eigenvalue weighted by molar-refractivity contribution is 0.0358. The molecule has 120 valence electrons. The third-order valence-electron chi connectivity index (χ3n) is 4.28. The molecule has 7 nitrogen and oxygen atoms in total. The molecule has 2 aliphatic rings. The molecule has 3 amide bonds. The Morgan fingerprint density at radius 1 is 1.18 bits per heavy atom. The van der Waals surface area contributed by atoms with Crippen LogP contribution in [-0.4, -0.2) is 46.2 Å². The Morgan fingerprint density at radius 2 is 1.91 bits per heavy atom. The van der Waals surface area contributed by atoms with Gasteiger partial charge in [0.2, 0.25) is 0 Å². The third-order valence-corrected chi connectivity index (χ3v) is 4.28. The van der Waals surface area contributed by atoms with E-state index in [2.05, 4.69) is 10.5 Å². The first-order chi connectivity index (χ1) is 10.6. The second-order valence-electron chi connectivity index (χ2n) is 6.01. The summed E-state index contributed by atoms with van der Waals surface area (Å²) in [7, 11) is 0. The fourth-order valence-electron chi connectivity index (χ4n) is 3.13. The summed E-state index contributed by atoms with van der Waals surface area (Å²) in [6.45, 7) is 2.82. The first-order valence-electron chi connectivity index (χ1n) is 7.98. The lowest BCUT2D eigenvalue weighted by Gasteiger charge is -2.30. The van der Waals surface area contributed by atoms with E-state index in [0.29, 0.717) is 18.8 Å². The average molecular weight is 306 g/mol. The number of carbonyl (C=O) groups excluding carboxylic acids is 2. The number of nitrogens with one attached hydrogen (secondary N) is 1. The Hall–Kier alpha value is -2.05. The molecule has 22 heavy (non-hydrogen) atoms. The average Bonchev–Trinajstić information content (AvgIpc) is 3.16. The topological polar surface area (TPSA) is 78.7 Å². The van der Waals surface area contributed by atoms with Crippen molar-refractivity contribution in [2.24, 2.45) is 0 Å². The Bertz CT molecular complexity index is 551. The van der Waals surface area contributed by atoms with Gasteiger partial charge < -0.3 is 9.84 Å². The lowest BCUT2D eigenvalue weighted by Crippen LogP contribution is -2.51. The number of hydrogen-bond acceptors (Lipinski definition) is 4. The Morgan fingerprint density at radius 3 is 2.59 bits per heavy atom. The van der Waals surface area contributed by atoms with Crippen LogP contribution in [-0.2, 0) is 0 Å². The van der Waals surface area contributed by atoms with E-state index in [1.807, 2.05) is 0 Å². The normalized spacial score (nSPS) is 19.5. The zero-order valence-electron chi connectivity index (χ0n) is 12.9. The zero-order chi connectivity index (χ0) is 15.5. The maximum absolute atomic E-state index is 12.4. The van der Waals surface area contributed by atoms with Gasteiger partial charge in [-0.25, -0.2) is 14.8 Å². The SMILES string of the molecule is Cc1cc(C(=O)N2CCCN2C(=O)NC2CCCCC2)no1. The predicted molar refractivity (Wildman–Crippen MR) is 79.0 cm³/mol. The van der Waals surface area contributed by atoms with Crippen LogP contribution in [0.2, 0.25) is 0 Å². The predicted octanol–water partition coefficient (Wildman–Crippen LogP) is 2.09. The highest BCUT2D eigenvalue weighted by molar-refractivity contribution is 5.93. The molecule has 3 rings (SSSR count). The molecule has 0 radical (unpaired) electrons. The van der Waals surface area contributed by atoms with Crippen LogP contribution in [0.15, 0.2) is 10.6 Å². The van der Waals surface area contributed by atoms with Crippen molar-refractivity contribution in [3.05, 3.63) is 17.5 Å². The molecule has 0 atom stereocenters. The van der Waals surface area contributed by atoms with Crippen molar-refractivity contribution in [2.45, 2.75) is 51.5 Å². The minimum absolute atomic E-state index is 0.182. The van der Waals surface area contributed by atoms with E-state index in [9.17, 15) is 9.59 Å². The summed E-state index contributed by atoms with van der Waals surface area (Å²) in [6, 6.07) is 1.64. The van der Waals surface area contributed by atoms with Gasteiger partial charge in [-0.2, -0.15) is 0 Å². The molecule has 2 heterocycles. The van der Waals surface area contributed by atoms with Crippen LogP contribution in [0.3, 0.4) is 0 Å². The molecule has 0 aromatic carbocycles. The molecule has 2 fully saturated rings. The molecule has 1 aliphatic heterocycles. The fraction of sp³-hybridized carbons (Fsp3) is 0.667. The van der Waals surface area contributed by atoms with Crippen molar-refractivity contribution in [3.63, 3.8) is 0 Å². The number of aryl methyl sites for hydroxylation is 1. The van der Waals surface area contributed by atoms with Gasteiger partial charge in [-0.05, 0) is 26.2 Å². The minimum Gasteiger partial charge on any atom is -0.361 e. The largest absolute Gasteiger partial charge is 0.361 e.